The first-order valence-corrected chi connectivity index (χ1v) is 8.58. The molecule has 7 heteroatoms. The number of hydrogen-bond acceptors (Lipinski definition) is 5. The molecule has 0 spiro atoms. The molecular formula is C16H12FN3OS2. The molecule has 1 aromatic heterocycles. The van der Waals surface area contributed by atoms with Gasteiger partial charge in [0.15, 0.2) is 0 Å². The summed E-state index contributed by atoms with van der Waals surface area (Å²) in [6, 6.07) is 15.7. The number of thioether (sulfide) groups is 1. The van der Waals surface area contributed by atoms with E-state index in [0.29, 0.717) is 15.9 Å². The smallest absolute Gasteiger partial charge is 0.236 e. The number of nitrogens with zero attached hydrogens (tertiary/aromatic N) is 2. The van der Waals surface area contributed by atoms with Crippen LogP contribution in [0.3, 0.4) is 0 Å². The summed E-state index contributed by atoms with van der Waals surface area (Å²) in [4.78, 5) is 13.0. The predicted octanol–water partition coefficient (Wildman–Crippen LogP) is 4.08. The van der Waals surface area contributed by atoms with Crippen molar-refractivity contribution in [1.29, 1.82) is 0 Å². The molecule has 3 rings (SSSR count). The Kier molecular flexibility index (Phi) is 4.99. The largest absolute Gasteiger partial charge is 0.300 e. The second-order valence-electron chi connectivity index (χ2n) is 4.57. The Morgan fingerprint density at radius 2 is 1.83 bits per heavy atom. The van der Waals surface area contributed by atoms with E-state index in [-0.39, 0.29) is 11.7 Å². The molecule has 116 valence electrons. The quantitative estimate of drug-likeness (QED) is 0.708. The van der Waals surface area contributed by atoms with Gasteiger partial charge in [-0.3, -0.25) is 10.1 Å². The lowest BCUT2D eigenvalue weighted by molar-refractivity contribution is -0.113. The SMILES string of the molecule is O=C(CSc1ccccc1)Nc1nnc(-c2ccc(F)cc2)s1. The molecule has 1 N–H and O–H groups in total. The lowest BCUT2D eigenvalue weighted by atomic mass is 10.2. The van der Waals surface area contributed by atoms with Gasteiger partial charge in [0, 0.05) is 10.5 Å². The molecule has 0 radical (unpaired) electrons. The number of rotatable bonds is 5. The predicted molar refractivity (Wildman–Crippen MR) is 91.1 cm³/mol. The van der Waals surface area contributed by atoms with E-state index < -0.39 is 0 Å². The van der Waals surface area contributed by atoms with E-state index in [1.165, 1.54) is 35.2 Å². The first kappa shape index (κ1) is 15.6. The molecule has 0 aliphatic carbocycles. The van der Waals surface area contributed by atoms with Crippen LogP contribution in [0, 0.1) is 5.82 Å². The molecule has 2 aromatic carbocycles. The van der Waals surface area contributed by atoms with E-state index in [9.17, 15) is 9.18 Å². The third-order valence-electron chi connectivity index (χ3n) is 2.88. The third kappa shape index (κ3) is 4.37. The second kappa shape index (κ2) is 7.34. The molecule has 3 aromatic rings. The highest BCUT2D eigenvalue weighted by Gasteiger charge is 2.10. The standard InChI is InChI=1S/C16H12FN3OS2/c17-12-8-6-11(7-9-12)15-19-20-16(23-15)18-14(21)10-22-13-4-2-1-3-5-13/h1-9H,10H2,(H,18,20,21). The third-order valence-corrected chi connectivity index (χ3v) is 4.78. The molecule has 1 heterocycles. The Morgan fingerprint density at radius 1 is 1.09 bits per heavy atom. The van der Waals surface area contributed by atoms with Crippen molar-refractivity contribution in [3.05, 3.63) is 60.4 Å². The molecule has 0 unspecified atom stereocenters. The Balaban J connectivity index is 1.58. The Labute approximate surface area is 140 Å². The number of halogens is 1. The van der Waals surface area contributed by atoms with Crippen LogP contribution >= 0.6 is 23.1 Å². The summed E-state index contributed by atoms with van der Waals surface area (Å²) in [5.41, 5.74) is 0.767. The Bertz CT molecular complexity index is 791. The number of benzene rings is 2. The molecule has 0 fully saturated rings. The Morgan fingerprint density at radius 3 is 2.57 bits per heavy atom. The Hall–Kier alpha value is -2.25. The highest BCUT2D eigenvalue weighted by molar-refractivity contribution is 8.00. The number of aromatic nitrogens is 2. The van der Waals surface area contributed by atoms with E-state index in [4.69, 9.17) is 0 Å². The van der Waals surface area contributed by atoms with Crippen LogP contribution in [-0.4, -0.2) is 21.9 Å². The summed E-state index contributed by atoms with van der Waals surface area (Å²) in [7, 11) is 0. The average molecular weight is 345 g/mol. The van der Waals surface area contributed by atoms with Gasteiger partial charge >= 0.3 is 0 Å². The van der Waals surface area contributed by atoms with E-state index in [2.05, 4.69) is 15.5 Å². The normalized spacial score (nSPS) is 10.5. The van der Waals surface area contributed by atoms with Crippen LogP contribution in [0.2, 0.25) is 0 Å². The van der Waals surface area contributed by atoms with Crippen LogP contribution < -0.4 is 5.32 Å². The van der Waals surface area contributed by atoms with Gasteiger partial charge in [-0.05, 0) is 36.4 Å². The maximum Gasteiger partial charge on any atom is 0.236 e. The van der Waals surface area contributed by atoms with Crippen LogP contribution in [0.15, 0.2) is 59.5 Å². The number of carbonyl (C=O) groups excluding carboxylic acids is 1. The maximum absolute atomic E-state index is 12.9. The topological polar surface area (TPSA) is 54.9 Å². The van der Waals surface area contributed by atoms with Gasteiger partial charge in [-0.15, -0.1) is 22.0 Å². The zero-order chi connectivity index (χ0) is 16.1. The molecule has 4 nitrogen and oxygen atoms in total. The highest BCUT2D eigenvalue weighted by atomic mass is 32.2. The zero-order valence-electron chi connectivity index (χ0n) is 11.9. The average Bonchev–Trinajstić information content (AvgIpc) is 3.03. The lowest BCUT2D eigenvalue weighted by Gasteiger charge is -2.01. The van der Waals surface area contributed by atoms with Crippen molar-refractivity contribution in [3.8, 4) is 10.6 Å². The number of amides is 1. The van der Waals surface area contributed by atoms with Crippen molar-refractivity contribution in [3.63, 3.8) is 0 Å². The van der Waals surface area contributed by atoms with Crippen molar-refractivity contribution >= 4 is 34.1 Å². The van der Waals surface area contributed by atoms with Gasteiger partial charge in [0.05, 0.1) is 5.75 Å². The summed E-state index contributed by atoms with van der Waals surface area (Å²) >= 11 is 2.71. The van der Waals surface area contributed by atoms with Gasteiger partial charge in [-0.1, -0.05) is 29.5 Å². The first-order chi connectivity index (χ1) is 11.2. The summed E-state index contributed by atoms with van der Waals surface area (Å²) in [6.07, 6.45) is 0. The zero-order valence-corrected chi connectivity index (χ0v) is 13.5. The van der Waals surface area contributed by atoms with Crippen molar-refractivity contribution in [1.82, 2.24) is 10.2 Å². The minimum atomic E-state index is -0.301. The summed E-state index contributed by atoms with van der Waals surface area (Å²) < 4.78 is 12.9. The fraction of sp³-hybridized carbons (Fsp3) is 0.0625. The van der Waals surface area contributed by atoms with Crippen LogP contribution in [-0.2, 0) is 4.79 Å². The number of carbonyl (C=O) groups is 1. The maximum atomic E-state index is 12.9. The molecule has 0 saturated heterocycles. The van der Waals surface area contributed by atoms with E-state index >= 15 is 0 Å². The molecule has 0 aliphatic rings. The van der Waals surface area contributed by atoms with Crippen LogP contribution in [0.25, 0.3) is 10.6 Å². The van der Waals surface area contributed by atoms with Crippen LogP contribution in [0.1, 0.15) is 0 Å². The van der Waals surface area contributed by atoms with Crippen molar-refractivity contribution in [2.45, 2.75) is 4.90 Å². The number of anilines is 1. The second-order valence-corrected chi connectivity index (χ2v) is 6.60. The minimum absolute atomic E-state index is 0.138. The van der Waals surface area contributed by atoms with Gasteiger partial charge in [0.25, 0.3) is 0 Å². The van der Waals surface area contributed by atoms with Crippen LogP contribution in [0.5, 0.6) is 0 Å². The van der Waals surface area contributed by atoms with Gasteiger partial charge in [-0.2, -0.15) is 0 Å². The molecule has 0 aliphatic heterocycles. The van der Waals surface area contributed by atoms with Gasteiger partial charge < -0.3 is 0 Å². The monoisotopic (exact) mass is 345 g/mol. The van der Waals surface area contributed by atoms with Crippen molar-refractivity contribution in [2.24, 2.45) is 0 Å². The first-order valence-electron chi connectivity index (χ1n) is 6.78. The highest BCUT2D eigenvalue weighted by Crippen LogP contribution is 2.26. The van der Waals surface area contributed by atoms with E-state index in [1.807, 2.05) is 30.3 Å². The lowest BCUT2D eigenvalue weighted by Crippen LogP contribution is -2.13. The van der Waals surface area contributed by atoms with E-state index in [1.54, 1.807) is 12.1 Å². The molecule has 0 bridgehead atoms. The number of hydrogen-bond donors (Lipinski definition) is 1. The van der Waals surface area contributed by atoms with Gasteiger partial charge in [0.1, 0.15) is 10.8 Å². The summed E-state index contributed by atoms with van der Waals surface area (Å²) in [5, 5.41) is 11.7. The molecule has 0 atom stereocenters. The summed E-state index contributed by atoms with van der Waals surface area (Å²) in [6.45, 7) is 0. The molecule has 0 saturated carbocycles. The fourth-order valence-electron chi connectivity index (χ4n) is 1.80. The molecule has 1 amide bonds. The van der Waals surface area contributed by atoms with Crippen LogP contribution in [0.4, 0.5) is 9.52 Å². The van der Waals surface area contributed by atoms with Gasteiger partial charge in [0.2, 0.25) is 11.0 Å². The minimum Gasteiger partial charge on any atom is -0.300 e. The summed E-state index contributed by atoms with van der Waals surface area (Å²) in [5.74, 6) is -0.138. The fourth-order valence-corrected chi connectivity index (χ4v) is 3.29. The van der Waals surface area contributed by atoms with Gasteiger partial charge in [-0.25, -0.2) is 4.39 Å². The molecular weight excluding hydrogens is 333 g/mol. The van der Waals surface area contributed by atoms with E-state index in [0.717, 1.165) is 10.5 Å². The molecule has 23 heavy (non-hydrogen) atoms. The van der Waals surface area contributed by atoms with Crippen molar-refractivity contribution < 1.29 is 9.18 Å². The number of nitrogens with one attached hydrogen (secondary N) is 1. The van der Waals surface area contributed by atoms with Crippen molar-refractivity contribution in [2.75, 3.05) is 11.1 Å².